The third-order valence-electron chi connectivity index (χ3n) is 10.3. The van der Waals surface area contributed by atoms with Gasteiger partial charge in [0.1, 0.15) is 11.4 Å². The van der Waals surface area contributed by atoms with Crippen molar-refractivity contribution in [3.63, 3.8) is 0 Å². The van der Waals surface area contributed by atoms with Gasteiger partial charge in [0.25, 0.3) is 0 Å². The van der Waals surface area contributed by atoms with E-state index in [0.717, 1.165) is 23.9 Å². The third-order valence-corrected chi connectivity index (χ3v) is 11.5. The van der Waals surface area contributed by atoms with Gasteiger partial charge in [-0.15, -0.1) is 0 Å². The third kappa shape index (κ3) is 4.00. The number of carbonyl (C=O) groups excluding carboxylic acids is 4. The highest BCUT2D eigenvalue weighted by Crippen LogP contribution is 2.70. The number of halogens is 2. The van der Waals surface area contributed by atoms with Crippen LogP contribution < -0.4 is 0 Å². The van der Waals surface area contributed by atoms with Crippen LogP contribution in [0.25, 0.3) is 0 Å². The number of hydrogen-bond acceptors (Lipinski definition) is 10. The van der Waals surface area contributed by atoms with Crippen molar-refractivity contribution in [1.29, 1.82) is 0 Å². The molecule has 5 aliphatic rings. The molecule has 6 rings (SSSR count). The number of rotatable bonds is 4. The zero-order chi connectivity index (χ0) is 29.5. The lowest BCUT2D eigenvalue weighted by Crippen LogP contribution is -2.68. The molecule has 1 aromatic heterocycles. The Bertz CT molecular complexity index is 1380. The molecule has 9 nitrogen and oxygen atoms in total. The van der Waals surface area contributed by atoms with Gasteiger partial charge in [-0.3, -0.25) is 14.4 Å². The van der Waals surface area contributed by atoms with Crippen LogP contribution in [0.2, 0.25) is 0 Å². The van der Waals surface area contributed by atoms with Crippen LogP contribution in [-0.4, -0.2) is 62.9 Å². The van der Waals surface area contributed by atoms with E-state index in [1.54, 1.807) is 0 Å². The molecule has 0 radical (unpaired) electrons. The number of hydrogen-bond donors (Lipinski definition) is 1. The summed E-state index contributed by atoms with van der Waals surface area (Å²) in [6.45, 7) is 5.43. The first-order chi connectivity index (χ1) is 19.3. The number of aliphatic hydroxyl groups excluding tert-OH is 1. The van der Waals surface area contributed by atoms with Crippen LogP contribution in [0.1, 0.15) is 57.0 Å². The second-order valence-corrected chi connectivity index (χ2v) is 13.6. The van der Waals surface area contributed by atoms with E-state index in [-0.39, 0.29) is 41.8 Å². The van der Waals surface area contributed by atoms with Crippen molar-refractivity contribution in [2.45, 2.75) is 69.6 Å². The van der Waals surface area contributed by atoms with Gasteiger partial charge in [0, 0.05) is 24.3 Å². The number of esters is 2. The first kappa shape index (κ1) is 28.3. The Labute approximate surface area is 239 Å². The molecule has 1 N–H and O–H groups in total. The summed E-state index contributed by atoms with van der Waals surface area (Å²) in [7, 11) is 0. The Kier molecular flexibility index (Phi) is 6.61. The number of nitrogens with zero attached hydrogens (tertiary/aromatic N) is 1. The average Bonchev–Trinajstić information content (AvgIpc) is 3.63. The van der Waals surface area contributed by atoms with Crippen LogP contribution in [0, 0.1) is 34.5 Å². The van der Waals surface area contributed by atoms with Gasteiger partial charge in [-0.25, -0.2) is 13.6 Å². The molecule has 3 saturated carbocycles. The number of fused-ring (bicyclic) bond motifs is 5. The van der Waals surface area contributed by atoms with Crippen molar-refractivity contribution in [2.75, 3.05) is 6.61 Å². The summed E-state index contributed by atoms with van der Waals surface area (Å²) < 4.78 is 48.7. The summed E-state index contributed by atoms with van der Waals surface area (Å²) in [6.07, 6.45) is 0.518. The van der Waals surface area contributed by atoms with E-state index in [1.807, 2.05) is 13.8 Å². The summed E-state index contributed by atoms with van der Waals surface area (Å²) in [5, 5.41) is 14.2. The van der Waals surface area contributed by atoms with Crippen LogP contribution in [0.5, 0.6) is 0 Å². The molecule has 0 amide bonds. The number of ketones is 1. The molecule has 2 heterocycles. The topological polar surface area (TPSA) is 133 Å². The molecule has 1 aromatic rings. The fourth-order valence-corrected chi connectivity index (χ4v) is 9.79. The Hall–Kier alpha value is -2.86. The molecule has 1 aliphatic heterocycles. The van der Waals surface area contributed by atoms with E-state index in [1.165, 1.54) is 19.2 Å². The molecule has 220 valence electrons. The molecule has 0 bridgehead atoms. The molecule has 0 spiro atoms. The van der Waals surface area contributed by atoms with Gasteiger partial charge in [0.05, 0.1) is 24.3 Å². The normalized spacial score (nSPS) is 43.3. The van der Waals surface area contributed by atoms with E-state index in [2.05, 4.69) is 5.16 Å². The quantitative estimate of drug-likeness (QED) is 0.514. The van der Waals surface area contributed by atoms with Crippen LogP contribution in [-0.2, 0) is 23.9 Å². The molecular formula is C29H31F2NO8S. The van der Waals surface area contributed by atoms with E-state index in [0.29, 0.717) is 12.8 Å². The fraction of sp³-hybridized carbons (Fsp3) is 0.621. The van der Waals surface area contributed by atoms with Crippen molar-refractivity contribution in [1.82, 2.24) is 5.16 Å². The highest BCUT2D eigenvalue weighted by Gasteiger charge is 2.73. The van der Waals surface area contributed by atoms with Gasteiger partial charge in [0.15, 0.2) is 16.5 Å². The lowest BCUT2D eigenvalue weighted by Gasteiger charge is -2.62. The first-order valence-corrected chi connectivity index (χ1v) is 14.7. The van der Waals surface area contributed by atoms with Crippen LogP contribution >= 0.6 is 11.8 Å². The van der Waals surface area contributed by atoms with Gasteiger partial charge < -0.3 is 19.1 Å². The number of alkyl halides is 2. The molecule has 41 heavy (non-hydrogen) atoms. The van der Waals surface area contributed by atoms with Crippen LogP contribution in [0.3, 0.4) is 0 Å². The fourth-order valence-electron chi connectivity index (χ4n) is 8.49. The molecule has 4 aliphatic carbocycles. The maximum atomic E-state index is 17.7. The Balaban J connectivity index is 1.35. The van der Waals surface area contributed by atoms with Gasteiger partial charge in [-0.2, -0.15) is 0 Å². The lowest BCUT2D eigenvalue weighted by molar-refractivity contribution is -0.201. The maximum absolute atomic E-state index is 17.7. The Morgan fingerprint density at radius 2 is 1.98 bits per heavy atom. The summed E-state index contributed by atoms with van der Waals surface area (Å²) in [6, 6.07) is 1.24. The first-order valence-electron chi connectivity index (χ1n) is 13.8. The molecule has 1 saturated heterocycles. The summed E-state index contributed by atoms with van der Waals surface area (Å²) >= 11 is 0.944. The number of allylic oxidation sites excluding steroid dienone is 3. The second-order valence-electron chi connectivity index (χ2n) is 12.4. The Morgan fingerprint density at radius 3 is 2.63 bits per heavy atom. The molecule has 10 atom stereocenters. The predicted octanol–water partition coefficient (Wildman–Crippen LogP) is 3.92. The number of thioether (sulfide) groups is 1. The number of carbonyl (C=O) groups is 4. The molecule has 12 heteroatoms. The number of ether oxygens (including phenoxy) is 2. The van der Waals surface area contributed by atoms with Crippen molar-refractivity contribution >= 4 is 34.6 Å². The monoisotopic (exact) mass is 591 g/mol. The van der Waals surface area contributed by atoms with Crippen molar-refractivity contribution in [3.8, 4) is 0 Å². The SMILES string of the molecule is C[C@@H]1C[C@H]2[C@H]3C[C@H](F)C4=CC(=O)C(OC(=O)c5ccno5)=C[C@]4(C)[C@@]3(F)[C@@H](O)C[C@]2(C)[C@@H]1C(=O)S[C@H]1CCOC1=O. The van der Waals surface area contributed by atoms with Crippen molar-refractivity contribution < 1.29 is 47.1 Å². The summed E-state index contributed by atoms with van der Waals surface area (Å²) in [4.78, 5) is 51.0. The zero-order valence-corrected chi connectivity index (χ0v) is 23.6. The van der Waals surface area contributed by atoms with E-state index >= 15 is 8.78 Å². The molecular weight excluding hydrogens is 560 g/mol. The lowest BCUT2D eigenvalue weighted by atomic mass is 9.45. The smallest absolute Gasteiger partial charge is 0.382 e. The summed E-state index contributed by atoms with van der Waals surface area (Å²) in [5.74, 6) is -5.23. The van der Waals surface area contributed by atoms with Gasteiger partial charge in [0.2, 0.25) is 11.5 Å². The van der Waals surface area contributed by atoms with Crippen LogP contribution in [0.15, 0.2) is 40.3 Å². The highest BCUT2D eigenvalue weighted by atomic mass is 32.2. The largest absolute Gasteiger partial charge is 0.465 e. The van der Waals surface area contributed by atoms with Crippen LogP contribution in [0.4, 0.5) is 8.78 Å². The summed E-state index contributed by atoms with van der Waals surface area (Å²) in [5.41, 5.74) is -5.19. The second kappa shape index (κ2) is 9.58. The van der Waals surface area contributed by atoms with Gasteiger partial charge in [-0.1, -0.05) is 30.8 Å². The van der Waals surface area contributed by atoms with Crippen molar-refractivity contribution in [2.24, 2.45) is 34.5 Å². The number of aromatic nitrogens is 1. The minimum absolute atomic E-state index is 0.0735. The Morgan fingerprint density at radius 1 is 1.22 bits per heavy atom. The average molecular weight is 592 g/mol. The number of cyclic esters (lactones) is 1. The number of aliphatic hydroxyl groups is 1. The molecule has 0 aromatic carbocycles. The van der Waals surface area contributed by atoms with E-state index in [4.69, 9.17) is 14.0 Å². The van der Waals surface area contributed by atoms with Gasteiger partial charge >= 0.3 is 11.9 Å². The van der Waals surface area contributed by atoms with E-state index < -0.39 is 75.3 Å². The maximum Gasteiger partial charge on any atom is 0.382 e. The standard InChI is InChI=1S/C29H31F2NO8S/c1-13-8-14-15-9-17(30)16-10-18(33)20(39-24(35)19-4-6-32-40-19)11-28(16,3)29(15,31)22(34)12-27(14,2)23(13)26(37)41-21-5-7-38-25(21)36/h4,6,10-11,13-15,17,21-23,34H,5,7-9,12H2,1-3H3/t13-,14+,15-,17+,21+,22+,23+,27+,28+,29+/m1/s1. The highest BCUT2D eigenvalue weighted by molar-refractivity contribution is 8.14. The van der Waals surface area contributed by atoms with Gasteiger partial charge in [-0.05, 0) is 61.2 Å². The minimum Gasteiger partial charge on any atom is -0.465 e. The minimum atomic E-state index is -2.42. The van der Waals surface area contributed by atoms with E-state index in [9.17, 15) is 24.3 Å². The zero-order valence-electron chi connectivity index (χ0n) is 22.8. The molecule has 4 fully saturated rings. The van der Waals surface area contributed by atoms with Crippen molar-refractivity contribution in [3.05, 3.63) is 41.5 Å². The molecule has 0 unspecified atom stereocenters. The predicted molar refractivity (Wildman–Crippen MR) is 139 cm³/mol.